The number of nitrogens with one attached hydrogen (secondary N) is 2. The minimum absolute atomic E-state index is 0. The van der Waals surface area contributed by atoms with Gasteiger partial charge in [0.15, 0.2) is 5.96 Å². The number of guanidine groups is 1. The lowest BCUT2D eigenvalue weighted by molar-refractivity contribution is 0.0203. The van der Waals surface area contributed by atoms with E-state index in [2.05, 4.69) is 44.8 Å². The molecule has 0 bridgehead atoms. The highest BCUT2D eigenvalue weighted by atomic mass is 127. The van der Waals surface area contributed by atoms with E-state index in [1.165, 1.54) is 24.8 Å². The molecule has 8 heteroatoms. The van der Waals surface area contributed by atoms with E-state index in [4.69, 9.17) is 14.2 Å². The zero-order valence-electron chi connectivity index (χ0n) is 20.4. The lowest BCUT2D eigenvalue weighted by Crippen LogP contribution is -2.44. The van der Waals surface area contributed by atoms with Crippen LogP contribution in [0.15, 0.2) is 29.3 Å². The summed E-state index contributed by atoms with van der Waals surface area (Å²) in [5.74, 6) is 2.41. The number of ether oxygens (including phenoxy) is 3. The molecule has 3 rings (SSSR count). The fraction of sp³-hybridized carbons (Fsp3) is 0.720. The van der Waals surface area contributed by atoms with Crippen LogP contribution < -0.4 is 15.4 Å². The zero-order valence-corrected chi connectivity index (χ0v) is 22.7. The van der Waals surface area contributed by atoms with Gasteiger partial charge >= 0.3 is 0 Å². The molecule has 2 saturated heterocycles. The molecule has 0 spiro atoms. The van der Waals surface area contributed by atoms with E-state index in [9.17, 15) is 0 Å². The Morgan fingerprint density at radius 1 is 1.12 bits per heavy atom. The van der Waals surface area contributed by atoms with Gasteiger partial charge in [-0.1, -0.05) is 18.6 Å². The fourth-order valence-electron chi connectivity index (χ4n) is 4.47. The third kappa shape index (κ3) is 9.96. The number of methoxy groups -OCH3 is 1. The maximum atomic E-state index is 5.87. The Morgan fingerprint density at radius 3 is 2.52 bits per heavy atom. The number of rotatable bonds is 11. The van der Waals surface area contributed by atoms with E-state index in [-0.39, 0.29) is 24.0 Å². The second-order valence-corrected chi connectivity index (χ2v) is 8.75. The molecule has 7 nitrogen and oxygen atoms in total. The van der Waals surface area contributed by atoms with Gasteiger partial charge in [-0.05, 0) is 68.8 Å². The average Bonchev–Trinajstić information content (AvgIpc) is 2.86. The summed E-state index contributed by atoms with van der Waals surface area (Å²) in [5, 5.41) is 6.98. The smallest absolute Gasteiger partial charge is 0.191 e. The van der Waals surface area contributed by atoms with E-state index in [0.29, 0.717) is 12.0 Å². The van der Waals surface area contributed by atoms with Gasteiger partial charge in [0.05, 0.1) is 13.2 Å². The van der Waals surface area contributed by atoms with Crippen molar-refractivity contribution in [2.75, 3.05) is 66.8 Å². The molecular weight excluding hydrogens is 531 g/mol. The molecule has 1 atom stereocenters. The van der Waals surface area contributed by atoms with Crippen molar-refractivity contribution < 1.29 is 14.2 Å². The van der Waals surface area contributed by atoms with Gasteiger partial charge in [-0.25, -0.2) is 0 Å². The van der Waals surface area contributed by atoms with Gasteiger partial charge in [-0.2, -0.15) is 0 Å². The molecule has 1 unspecified atom stereocenters. The molecule has 0 aliphatic carbocycles. The Hall–Kier alpha value is -1.10. The van der Waals surface area contributed by atoms with Crippen LogP contribution in [0.4, 0.5) is 0 Å². The van der Waals surface area contributed by atoms with Gasteiger partial charge in [-0.3, -0.25) is 9.89 Å². The Morgan fingerprint density at radius 2 is 1.85 bits per heavy atom. The summed E-state index contributed by atoms with van der Waals surface area (Å²) in [7, 11) is 3.55. The van der Waals surface area contributed by atoms with E-state index in [0.717, 1.165) is 83.6 Å². The van der Waals surface area contributed by atoms with Gasteiger partial charge in [0.1, 0.15) is 5.75 Å². The number of likely N-dealkylation sites (tertiary alicyclic amines) is 1. The zero-order chi connectivity index (χ0) is 22.4. The Balaban J connectivity index is 0.00000385. The Kier molecular flexibility index (Phi) is 14.1. The highest BCUT2D eigenvalue weighted by molar-refractivity contribution is 14.0. The standard InChI is InChI=1S/C25H42N4O3.HI/c1-26-25(27-13-6-16-32-20-21-11-17-31-18-12-21)28-19-24(29-14-4-3-5-15-29)22-7-9-23(30-2)10-8-22;/h7-10,21,24H,3-6,11-20H2,1-2H3,(H2,26,27,28);1H. The second-order valence-electron chi connectivity index (χ2n) is 8.75. The summed E-state index contributed by atoms with van der Waals surface area (Å²) >= 11 is 0. The van der Waals surface area contributed by atoms with Crippen LogP contribution >= 0.6 is 24.0 Å². The molecule has 0 aromatic heterocycles. The van der Waals surface area contributed by atoms with Crippen molar-refractivity contribution >= 4 is 29.9 Å². The highest BCUT2D eigenvalue weighted by Gasteiger charge is 2.22. The summed E-state index contributed by atoms with van der Waals surface area (Å²) < 4.78 is 16.6. The van der Waals surface area contributed by atoms with Crippen molar-refractivity contribution in [3.63, 3.8) is 0 Å². The number of halogens is 1. The molecule has 188 valence electrons. The normalized spacial score (nSPS) is 18.9. The lowest BCUT2D eigenvalue weighted by atomic mass is 10.0. The molecule has 33 heavy (non-hydrogen) atoms. The Bertz CT molecular complexity index is 662. The molecule has 1 aromatic carbocycles. The van der Waals surface area contributed by atoms with Gasteiger partial charge in [-0.15, -0.1) is 24.0 Å². The third-order valence-electron chi connectivity index (χ3n) is 6.47. The quantitative estimate of drug-likeness (QED) is 0.181. The van der Waals surface area contributed by atoms with E-state index < -0.39 is 0 Å². The topological polar surface area (TPSA) is 67.4 Å². The third-order valence-corrected chi connectivity index (χ3v) is 6.47. The first kappa shape index (κ1) is 28.1. The first-order valence-electron chi connectivity index (χ1n) is 12.3. The Labute approximate surface area is 217 Å². The number of hydrogen-bond acceptors (Lipinski definition) is 5. The number of nitrogens with zero attached hydrogens (tertiary/aromatic N) is 2. The maximum absolute atomic E-state index is 5.87. The molecule has 2 N–H and O–H groups in total. The fourth-order valence-corrected chi connectivity index (χ4v) is 4.47. The second kappa shape index (κ2) is 16.5. The van der Waals surface area contributed by atoms with E-state index in [1.54, 1.807) is 7.11 Å². The summed E-state index contributed by atoms with van der Waals surface area (Å²) in [5.41, 5.74) is 1.32. The van der Waals surface area contributed by atoms with Gasteiger partial charge in [0.25, 0.3) is 0 Å². The van der Waals surface area contributed by atoms with Crippen LogP contribution in [0.25, 0.3) is 0 Å². The molecule has 0 radical (unpaired) electrons. The van der Waals surface area contributed by atoms with E-state index >= 15 is 0 Å². The average molecular weight is 575 g/mol. The number of piperidine rings is 1. The largest absolute Gasteiger partial charge is 0.497 e. The molecule has 0 amide bonds. The molecule has 2 aliphatic heterocycles. The van der Waals surface area contributed by atoms with Crippen LogP contribution in [0.5, 0.6) is 5.75 Å². The van der Waals surface area contributed by atoms with Crippen molar-refractivity contribution in [2.45, 2.75) is 44.6 Å². The van der Waals surface area contributed by atoms with Crippen molar-refractivity contribution in [1.82, 2.24) is 15.5 Å². The molecule has 2 heterocycles. The van der Waals surface area contributed by atoms with Crippen LogP contribution in [0.2, 0.25) is 0 Å². The number of hydrogen-bond donors (Lipinski definition) is 2. The maximum Gasteiger partial charge on any atom is 0.191 e. The predicted molar refractivity (Wildman–Crippen MR) is 145 cm³/mol. The van der Waals surface area contributed by atoms with Crippen molar-refractivity contribution in [3.05, 3.63) is 29.8 Å². The van der Waals surface area contributed by atoms with Gasteiger partial charge in [0, 0.05) is 46.6 Å². The van der Waals surface area contributed by atoms with Crippen molar-refractivity contribution in [2.24, 2.45) is 10.9 Å². The first-order chi connectivity index (χ1) is 15.8. The lowest BCUT2D eigenvalue weighted by Gasteiger charge is -2.35. The summed E-state index contributed by atoms with van der Waals surface area (Å²) in [4.78, 5) is 7.01. The number of aliphatic imine (C=N–C) groups is 1. The van der Waals surface area contributed by atoms with Crippen LogP contribution in [0.1, 0.15) is 50.1 Å². The monoisotopic (exact) mass is 574 g/mol. The molecule has 2 fully saturated rings. The van der Waals surface area contributed by atoms with Gasteiger partial charge < -0.3 is 24.8 Å². The van der Waals surface area contributed by atoms with Crippen LogP contribution in [-0.4, -0.2) is 77.6 Å². The minimum Gasteiger partial charge on any atom is -0.497 e. The first-order valence-corrected chi connectivity index (χ1v) is 12.3. The van der Waals surface area contributed by atoms with Crippen molar-refractivity contribution in [3.8, 4) is 5.75 Å². The molecule has 2 aliphatic rings. The summed E-state index contributed by atoms with van der Waals surface area (Å²) in [6.45, 7) is 7.37. The number of benzene rings is 1. The predicted octanol–water partition coefficient (Wildman–Crippen LogP) is 3.84. The summed E-state index contributed by atoms with van der Waals surface area (Å²) in [6, 6.07) is 8.80. The van der Waals surface area contributed by atoms with E-state index in [1.807, 2.05) is 7.05 Å². The summed E-state index contributed by atoms with van der Waals surface area (Å²) in [6.07, 6.45) is 7.10. The SMILES string of the molecule is CN=C(NCCCOCC1CCOCC1)NCC(c1ccc(OC)cc1)N1CCCCC1.I. The van der Waals surface area contributed by atoms with Crippen LogP contribution in [0.3, 0.4) is 0 Å². The van der Waals surface area contributed by atoms with Crippen molar-refractivity contribution in [1.29, 1.82) is 0 Å². The van der Waals surface area contributed by atoms with Gasteiger partial charge in [0.2, 0.25) is 0 Å². The van der Waals surface area contributed by atoms with Crippen LogP contribution in [-0.2, 0) is 9.47 Å². The molecular formula is C25H43IN4O3. The molecule has 0 saturated carbocycles. The minimum atomic E-state index is 0. The van der Waals surface area contributed by atoms with Crippen LogP contribution in [0, 0.1) is 5.92 Å². The highest BCUT2D eigenvalue weighted by Crippen LogP contribution is 2.25. The molecule has 1 aromatic rings.